The van der Waals surface area contributed by atoms with Gasteiger partial charge in [0.05, 0.1) is 5.41 Å². The number of rotatable bonds is 15. The van der Waals surface area contributed by atoms with Crippen molar-refractivity contribution in [2.45, 2.75) is 96.3 Å². The molecule has 1 nitrogen and oxygen atoms in total. The lowest BCUT2D eigenvalue weighted by atomic mass is 9.41. The summed E-state index contributed by atoms with van der Waals surface area (Å²) < 4.78 is 0. The molecule has 0 spiro atoms. The lowest BCUT2D eigenvalue weighted by Crippen LogP contribution is -2.62. The molecule has 3 atom stereocenters. The quantitative estimate of drug-likeness (QED) is 0.142. The summed E-state index contributed by atoms with van der Waals surface area (Å²) in [6, 6.07) is 43.4. The summed E-state index contributed by atoms with van der Waals surface area (Å²) in [7, 11) is 0. The van der Waals surface area contributed by atoms with Crippen molar-refractivity contribution in [3.8, 4) is 0 Å². The molecule has 4 aromatic carbocycles. The van der Waals surface area contributed by atoms with Crippen LogP contribution in [0.1, 0.15) is 108 Å². The van der Waals surface area contributed by atoms with Crippen molar-refractivity contribution in [3.63, 3.8) is 0 Å². The Labute approximate surface area is 255 Å². The number of unbranched alkanes of at least 4 members (excludes halogenated alkanes) is 1. The highest BCUT2D eigenvalue weighted by Gasteiger charge is 2.65. The van der Waals surface area contributed by atoms with Crippen molar-refractivity contribution in [3.05, 3.63) is 144 Å². The highest BCUT2D eigenvalue weighted by molar-refractivity contribution is 5.94. The molecule has 3 unspecified atom stereocenters. The summed E-state index contributed by atoms with van der Waals surface area (Å²) in [6.07, 6.45) is 6.94. The zero-order valence-corrected chi connectivity index (χ0v) is 26.5. The Hall–Kier alpha value is -3.45. The molecule has 0 saturated carbocycles. The fourth-order valence-electron chi connectivity index (χ4n) is 8.15. The molecular formula is C41H50O. The minimum Gasteiger partial charge on any atom is -0.298 e. The third-order valence-corrected chi connectivity index (χ3v) is 10.1. The van der Waals surface area contributed by atoms with Crippen LogP contribution in [0, 0.1) is 5.41 Å². The van der Waals surface area contributed by atoms with E-state index in [-0.39, 0.29) is 11.3 Å². The van der Waals surface area contributed by atoms with E-state index in [1.54, 1.807) is 0 Å². The van der Waals surface area contributed by atoms with E-state index in [1.165, 1.54) is 16.7 Å². The maximum absolute atomic E-state index is 15.9. The number of Topliss-reactive ketones (excluding diaryl/α,β-unsaturated/α-hetero) is 1. The molecule has 0 N–H and O–H groups in total. The van der Waals surface area contributed by atoms with Gasteiger partial charge in [-0.1, -0.05) is 182 Å². The van der Waals surface area contributed by atoms with Crippen molar-refractivity contribution in [2.24, 2.45) is 5.41 Å². The number of ketones is 1. The average molecular weight is 559 g/mol. The van der Waals surface area contributed by atoms with Crippen LogP contribution < -0.4 is 0 Å². The predicted octanol–water partition coefficient (Wildman–Crippen LogP) is 11.1. The molecule has 1 heteroatoms. The molecule has 42 heavy (non-hydrogen) atoms. The van der Waals surface area contributed by atoms with Crippen LogP contribution in [0.15, 0.2) is 121 Å². The first-order valence-corrected chi connectivity index (χ1v) is 16.2. The zero-order chi connectivity index (χ0) is 30.1. The van der Waals surface area contributed by atoms with Crippen LogP contribution in [0.3, 0.4) is 0 Å². The van der Waals surface area contributed by atoms with Gasteiger partial charge in [0, 0.05) is 16.7 Å². The largest absolute Gasteiger partial charge is 0.298 e. The predicted molar refractivity (Wildman–Crippen MR) is 179 cm³/mol. The minimum absolute atomic E-state index is 0.249. The molecule has 4 rings (SSSR count). The molecule has 0 aliphatic heterocycles. The monoisotopic (exact) mass is 558 g/mol. The van der Waals surface area contributed by atoms with Gasteiger partial charge in [0.2, 0.25) is 0 Å². The van der Waals surface area contributed by atoms with Gasteiger partial charge in [-0.05, 0) is 41.5 Å². The van der Waals surface area contributed by atoms with E-state index >= 15 is 4.79 Å². The van der Waals surface area contributed by atoms with Crippen LogP contribution in [0.25, 0.3) is 0 Å². The number of carbonyl (C=O) groups is 1. The van der Waals surface area contributed by atoms with E-state index in [9.17, 15) is 0 Å². The molecule has 0 fully saturated rings. The van der Waals surface area contributed by atoms with Gasteiger partial charge in [0.15, 0.2) is 0 Å². The maximum atomic E-state index is 15.9. The lowest BCUT2D eigenvalue weighted by Gasteiger charge is -2.60. The Bertz CT molecular complexity index is 1320. The highest BCUT2D eigenvalue weighted by atomic mass is 16.1. The molecule has 0 amide bonds. The van der Waals surface area contributed by atoms with Crippen molar-refractivity contribution in [1.29, 1.82) is 0 Å². The Morgan fingerprint density at radius 3 is 1.43 bits per heavy atom. The van der Waals surface area contributed by atoms with Gasteiger partial charge >= 0.3 is 0 Å². The maximum Gasteiger partial charge on any atom is 0.148 e. The Morgan fingerprint density at radius 1 is 0.571 bits per heavy atom. The first kappa shape index (κ1) is 31.5. The fraction of sp³-hybridized carbons (Fsp3) is 0.390. The number of hydrogen-bond donors (Lipinski definition) is 0. The molecule has 0 aliphatic rings. The molecule has 0 radical (unpaired) electrons. The smallest absolute Gasteiger partial charge is 0.148 e. The standard InChI is InChI=1S/C41H50O/c1-6-9-32-40(30-7-2,35-24-16-11-17-25-35)39(5,38(42)33(4)34-22-14-10-15-23-34)41(31-8-3,36-26-18-12-19-27-36)37-28-20-13-21-29-37/h10-29,33H,6-9,30-32H2,1-5H3. The molecule has 0 bridgehead atoms. The molecule has 220 valence electrons. The zero-order valence-electron chi connectivity index (χ0n) is 26.5. The van der Waals surface area contributed by atoms with Crippen LogP contribution in [0.5, 0.6) is 0 Å². The van der Waals surface area contributed by atoms with Crippen LogP contribution in [-0.2, 0) is 15.6 Å². The summed E-state index contributed by atoms with van der Waals surface area (Å²) >= 11 is 0. The second-order valence-corrected chi connectivity index (χ2v) is 12.3. The summed E-state index contributed by atoms with van der Waals surface area (Å²) in [5.41, 5.74) is 3.19. The molecule has 0 aromatic heterocycles. The highest BCUT2D eigenvalue weighted by Crippen LogP contribution is 2.64. The lowest BCUT2D eigenvalue weighted by molar-refractivity contribution is -0.140. The van der Waals surface area contributed by atoms with Crippen molar-refractivity contribution in [2.75, 3.05) is 0 Å². The van der Waals surface area contributed by atoms with Gasteiger partial charge in [-0.3, -0.25) is 4.79 Å². The van der Waals surface area contributed by atoms with Gasteiger partial charge < -0.3 is 0 Å². The van der Waals surface area contributed by atoms with E-state index in [1.807, 2.05) is 6.07 Å². The van der Waals surface area contributed by atoms with Crippen LogP contribution in [-0.4, -0.2) is 5.78 Å². The number of hydrogen-bond acceptors (Lipinski definition) is 1. The SMILES string of the molecule is CCCCC(CCC)(c1ccccc1)C(C)(C(=O)C(C)c1ccccc1)C(CCC)(c1ccccc1)c1ccccc1. The second kappa shape index (κ2) is 14.1. The Morgan fingerprint density at radius 2 is 1.00 bits per heavy atom. The second-order valence-electron chi connectivity index (χ2n) is 12.3. The van der Waals surface area contributed by atoms with Gasteiger partial charge in [-0.25, -0.2) is 0 Å². The first-order valence-electron chi connectivity index (χ1n) is 16.2. The molecular weight excluding hydrogens is 508 g/mol. The Balaban J connectivity index is 2.22. The minimum atomic E-state index is -0.763. The summed E-state index contributed by atoms with van der Waals surface area (Å²) in [5.74, 6) is 0.0877. The molecule has 0 aliphatic carbocycles. The first-order chi connectivity index (χ1) is 20.4. The molecule has 0 saturated heterocycles. The topological polar surface area (TPSA) is 17.1 Å². The van der Waals surface area contributed by atoms with E-state index in [4.69, 9.17) is 0 Å². The summed E-state index contributed by atoms with van der Waals surface area (Å²) in [6.45, 7) is 11.4. The van der Waals surface area contributed by atoms with Gasteiger partial charge in [-0.15, -0.1) is 0 Å². The average Bonchev–Trinajstić information content (AvgIpc) is 3.06. The van der Waals surface area contributed by atoms with E-state index in [0.29, 0.717) is 5.78 Å². The summed E-state index contributed by atoms with van der Waals surface area (Å²) in [5, 5.41) is 0. The van der Waals surface area contributed by atoms with Crippen molar-refractivity contribution < 1.29 is 4.79 Å². The van der Waals surface area contributed by atoms with E-state index in [2.05, 4.69) is 150 Å². The fourth-order valence-corrected chi connectivity index (χ4v) is 8.15. The van der Waals surface area contributed by atoms with E-state index in [0.717, 1.165) is 50.5 Å². The van der Waals surface area contributed by atoms with Gasteiger partial charge in [0.25, 0.3) is 0 Å². The molecule has 0 heterocycles. The third kappa shape index (κ3) is 5.51. The van der Waals surface area contributed by atoms with Crippen molar-refractivity contribution in [1.82, 2.24) is 0 Å². The number of benzene rings is 4. The van der Waals surface area contributed by atoms with Gasteiger partial charge in [-0.2, -0.15) is 0 Å². The van der Waals surface area contributed by atoms with E-state index < -0.39 is 10.8 Å². The summed E-state index contributed by atoms with van der Waals surface area (Å²) in [4.78, 5) is 15.9. The Kier molecular flexibility index (Phi) is 10.6. The molecule has 4 aromatic rings. The number of carbonyl (C=O) groups excluding carboxylic acids is 1. The van der Waals surface area contributed by atoms with Crippen LogP contribution in [0.4, 0.5) is 0 Å². The normalized spacial score (nSPS) is 15.4. The third-order valence-electron chi connectivity index (χ3n) is 10.1. The van der Waals surface area contributed by atoms with Crippen LogP contribution in [0.2, 0.25) is 0 Å². The van der Waals surface area contributed by atoms with Gasteiger partial charge in [0.1, 0.15) is 5.78 Å². The van der Waals surface area contributed by atoms with Crippen LogP contribution >= 0.6 is 0 Å². The van der Waals surface area contributed by atoms with Crippen molar-refractivity contribution >= 4 is 5.78 Å².